The molecule has 0 radical (unpaired) electrons. The molecule has 122 valence electrons. The fraction of sp³-hybridized carbons (Fsp3) is 0.167. The summed E-state index contributed by atoms with van der Waals surface area (Å²) in [5, 5.41) is 9.71. The summed E-state index contributed by atoms with van der Waals surface area (Å²) in [5.74, 6) is 1.21. The van der Waals surface area contributed by atoms with Gasteiger partial charge < -0.3 is 10.1 Å². The van der Waals surface area contributed by atoms with E-state index in [-0.39, 0.29) is 12.5 Å². The van der Waals surface area contributed by atoms with Gasteiger partial charge in [-0.15, -0.1) is 0 Å². The highest BCUT2D eigenvalue weighted by Crippen LogP contribution is 2.17. The van der Waals surface area contributed by atoms with Crippen LogP contribution in [0.5, 0.6) is 0 Å². The van der Waals surface area contributed by atoms with E-state index in [2.05, 4.69) is 20.5 Å². The summed E-state index contributed by atoms with van der Waals surface area (Å²) in [6.07, 6.45) is 0. The first-order valence-electron chi connectivity index (χ1n) is 7.62. The number of aromatic nitrogens is 3. The van der Waals surface area contributed by atoms with E-state index in [0.717, 1.165) is 17.0 Å². The van der Waals surface area contributed by atoms with Crippen molar-refractivity contribution >= 4 is 11.6 Å². The fourth-order valence-electron chi connectivity index (χ4n) is 2.21. The lowest BCUT2D eigenvalue weighted by atomic mass is 10.2. The zero-order valence-electron chi connectivity index (χ0n) is 13.3. The van der Waals surface area contributed by atoms with Gasteiger partial charge in [0.15, 0.2) is 5.82 Å². The number of rotatable bonds is 6. The van der Waals surface area contributed by atoms with Gasteiger partial charge in [-0.1, -0.05) is 30.3 Å². The fourth-order valence-corrected chi connectivity index (χ4v) is 2.21. The van der Waals surface area contributed by atoms with Crippen LogP contribution in [0, 0.1) is 6.92 Å². The largest absolute Gasteiger partial charge is 0.367 e. The third-order valence-corrected chi connectivity index (χ3v) is 3.37. The van der Waals surface area contributed by atoms with E-state index >= 15 is 0 Å². The molecule has 1 heterocycles. The number of H-pyrrole nitrogens is 1. The number of carbonyl (C=O) groups excluding carboxylic acids is 1. The first kappa shape index (κ1) is 15.9. The van der Waals surface area contributed by atoms with E-state index in [1.807, 2.05) is 61.5 Å². The summed E-state index contributed by atoms with van der Waals surface area (Å²) in [6, 6.07) is 17.1. The molecular weight excluding hydrogens is 304 g/mol. The Bertz CT molecular complexity index is 797. The van der Waals surface area contributed by atoms with Crippen LogP contribution in [-0.4, -0.2) is 27.7 Å². The van der Waals surface area contributed by atoms with E-state index in [4.69, 9.17) is 4.74 Å². The van der Waals surface area contributed by atoms with E-state index < -0.39 is 0 Å². The van der Waals surface area contributed by atoms with E-state index in [0.29, 0.717) is 18.1 Å². The van der Waals surface area contributed by atoms with Crippen molar-refractivity contribution in [3.63, 3.8) is 0 Å². The third-order valence-electron chi connectivity index (χ3n) is 3.37. The Labute approximate surface area is 139 Å². The SMILES string of the molecule is Cc1nc(-c2ccc(NC(=O)COCc3ccccc3)cc2)n[nH]1. The second-order valence-electron chi connectivity index (χ2n) is 5.35. The third kappa shape index (κ3) is 4.27. The number of hydrogen-bond donors (Lipinski definition) is 2. The number of aromatic amines is 1. The van der Waals surface area contributed by atoms with Gasteiger partial charge in [-0.2, -0.15) is 5.10 Å². The number of nitrogens with one attached hydrogen (secondary N) is 2. The zero-order chi connectivity index (χ0) is 16.8. The monoisotopic (exact) mass is 322 g/mol. The van der Waals surface area contributed by atoms with Crippen LogP contribution in [-0.2, 0) is 16.1 Å². The Morgan fingerprint density at radius 2 is 1.88 bits per heavy atom. The number of carbonyl (C=O) groups is 1. The number of benzene rings is 2. The van der Waals surface area contributed by atoms with Gasteiger partial charge in [0, 0.05) is 11.3 Å². The standard InChI is InChI=1S/C18H18N4O2/c1-13-19-18(22-21-13)15-7-9-16(10-8-15)20-17(23)12-24-11-14-5-3-2-4-6-14/h2-10H,11-12H2,1H3,(H,20,23)(H,19,21,22). The van der Waals surface area contributed by atoms with Gasteiger partial charge in [-0.05, 0) is 36.8 Å². The highest BCUT2D eigenvalue weighted by molar-refractivity contribution is 5.91. The van der Waals surface area contributed by atoms with Gasteiger partial charge in [0.25, 0.3) is 0 Å². The van der Waals surface area contributed by atoms with Crippen molar-refractivity contribution in [3.05, 3.63) is 66.0 Å². The van der Waals surface area contributed by atoms with Gasteiger partial charge in [-0.3, -0.25) is 9.89 Å². The molecule has 3 rings (SSSR count). The normalized spacial score (nSPS) is 10.5. The van der Waals surface area contributed by atoms with Gasteiger partial charge in [0.1, 0.15) is 12.4 Å². The molecule has 0 aliphatic rings. The van der Waals surface area contributed by atoms with Crippen LogP contribution in [0.1, 0.15) is 11.4 Å². The van der Waals surface area contributed by atoms with Crippen molar-refractivity contribution in [3.8, 4) is 11.4 Å². The average molecular weight is 322 g/mol. The summed E-state index contributed by atoms with van der Waals surface area (Å²) < 4.78 is 5.41. The Morgan fingerprint density at radius 1 is 1.12 bits per heavy atom. The summed E-state index contributed by atoms with van der Waals surface area (Å²) >= 11 is 0. The highest BCUT2D eigenvalue weighted by Gasteiger charge is 2.06. The Balaban J connectivity index is 1.49. The van der Waals surface area contributed by atoms with E-state index in [1.54, 1.807) is 0 Å². The first-order chi connectivity index (χ1) is 11.7. The molecule has 0 unspecified atom stereocenters. The van der Waals surface area contributed by atoms with E-state index in [9.17, 15) is 4.79 Å². The van der Waals surface area contributed by atoms with Gasteiger partial charge in [-0.25, -0.2) is 4.98 Å². The molecule has 1 aromatic heterocycles. The molecular formula is C18H18N4O2. The zero-order valence-corrected chi connectivity index (χ0v) is 13.3. The molecule has 3 aromatic rings. The molecule has 2 N–H and O–H groups in total. The molecule has 6 heteroatoms. The smallest absolute Gasteiger partial charge is 0.250 e. The number of nitrogens with zero attached hydrogens (tertiary/aromatic N) is 2. The molecule has 0 saturated carbocycles. The molecule has 0 spiro atoms. The van der Waals surface area contributed by atoms with Crippen molar-refractivity contribution in [2.75, 3.05) is 11.9 Å². The van der Waals surface area contributed by atoms with Crippen molar-refractivity contribution in [1.29, 1.82) is 0 Å². The van der Waals surface area contributed by atoms with Crippen LogP contribution < -0.4 is 5.32 Å². The molecule has 24 heavy (non-hydrogen) atoms. The summed E-state index contributed by atoms with van der Waals surface area (Å²) in [5.41, 5.74) is 2.63. The molecule has 0 aliphatic carbocycles. The van der Waals surface area contributed by atoms with Crippen molar-refractivity contribution < 1.29 is 9.53 Å². The molecule has 0 fully saturated rings. The highest BCUT2D eigenvalue weighted by atomic mass is 16.5. The minimum atomic E-state index is -0.188. The quantitative estimate of drug-likeness (QED) is 0.731. The van der Waals surface area contributed by atoms with E-state index in [1.165, 1.54) is 0 Å². The molecule has 0 bridgehead atoms. The number of anilines is 1. The summed E-state index contributed by atoms with van der Waals surface area (Å²) in [7, 11) is 0. The van der Waals surface area contributed by atoms with Crippen molar-refractivity contribution in [2.24, 2.45) is 0 Å². The average Bonchev–Trinajstić information content (AvgIpc) is 3.03. The Hall–Kier alpha value is -2.99. The lowest BCUT2D eigenvalue weighted by Gasteiger charge is -2.07. The maximum atomic E-state index is 11.9. The maximum absolute atomic E-state index is 11.9. The number of aryl methyl sites for hydroxylation is 1. The second-order valence-corrected chi connectivity index (χ2v) is 5.35. The molecule has 0 atom stereocenters. The van der Waals surface area contributed by atoms with Crippen LogP contribution in [0.15, 0.2) is 54.6 Å². The van der Waals surface area contributed by atoms with Crippen LogP contribution in [0.4, 0.5) is 5.69 Å². The summed E-state index contributed by atoms with van der Waals surface area (Å²) in [4.78, 5) is 16.2. The number of ether oxygens (including phenoxy) is 1. The molecule has 0 saturated heterocycles. The van der Waals surface area contributed by atoms with Crippen LogP contribution in [0.2, 0.25) is 0 Å². The first-order valence-corrected chi connectivity index (χ1v) is 7.62. The number of amides is 1. The summed E-state index contributed by atoms with van der Waals surface area (Å²) in [6.45, 7) is 2.27. The predicted molar refractivity (Wildman–Crippen MR) is 91.3 cm³/mol. The minimum Gasteiger partial charge on any atom is -0.367 e. The van der Waals surface area contributed by atoms with Gasteiger partial charge >= 0.3 is 0 Å². The number of hydrogen-bond acceptors (Lipinski definition) is 4. The Kier molecular flexibility index (Phi) is 4.98. The van der Waals surface area contributed by atoms with Crippen LogP contribution >= 0.6 is 0 Å². The van der Waals surface area contributed by atoms with Crippen LogP contribution in [0.25, 0.3) is 11.4 Å². The van der Waals surface area contributed by atoms with Crippen molar-refractivity contribution in [1.82, 2.24) is 15.2 Å². The lowest BCUT2D eigenvalue weighted by Crippen LogP contribution is -2.18. The molecule has 0 aliphatic heterocycles. The predicted octanol–water partition coefficient (Wildman–Crippen LogP) is 2.94. The van der Waals surface area contributed by atoms with Gasteiger partial charge in [0.05, 0.1) is 6.61 Å². The Morgan fingerprint density at radius 3 is 2.54 bits per heavy atom. The second kappa shape index (κ2) is 7.52. The molecule has 2 aromatic carbocycles. The van der Waals surface area contributed by atoms with Crippen molar-refractivity contribution in [2.45, 2.75) is 13.5 Å². The van der Waals surface area contributed by atoms with Crippen LogP contribution in [0.3, 0.4) is 0 Å². The van der Waals surface area contributed by atoms with Gasteiger partial charge in [0.2, 0.25) is 5.91 Å². The topological polar surface area (TPSA) is 79.9 Å². The molecule has 6 nitrogen and oxygen atoms in total. The molecule has 1 amide bonds. The minimum absolute atomic E-state index is 0.0107. The lowest BCUT2D eigenvalue weighted by molar-refractivity contribution is -0.121. The maximum Gasteiger partial charge on any atom is 0.250 e.